The second-order valence-corrected chi connectivity index (χ2v) is 5.42. The zero-order chi connectivity index (χ0) is 14.0. The normalized spacial score (nSPS) is 19.3. The SMILES string of the molecule is Cc1ccc(C(C(=O)O)N2CCN(C)CC2)cc1C. The molecule has 19 heavy (non-hydrogen) atoms. The standard InChI is InChI=1S/C15H22N2O2/c1-11-4-5-13(10-12(11)2)14(15(18)19)17-8-6-16(3)7-9-17/h4-5,10,14H,6-9H2,1-3H3,(H,18,19). The minimum atomic E-state index is -0.757. The van der Waals surface area contributed by atoms with Crippen LogP contribution in [0.3, 0.4) is 0 Å². The number of nitrogens with zero attached hydrogens (tertiary/aromatic N) is 2. The summed E-state index contributed by atoms with van der Waals surface area (Å²) in [4.78, 5) is 15.9. The zero-order valence-corrected chi connectivity index (χ0v) is 11.9. The molecule has 0 aromatic heterocycles. The number of rotatable bonds is 3. The monoisotopic (exact) mass is 262 g/mol. The molecule has 104 valence electrons. The lowest BCUT2D eigenvalue weighted by molar-refractivity contribution is -0.144. The number of aliphatic carboxylic acids is 1. The number of likely N-dealkylation sites (N-methyl/N-ethyl adjacent to an activating group) is 1. The quantitative estimate of drug-likeness (QED) is 0.900. The topological polar surface area (TPSA) is 43.8 Å². The van der Waals surface area contributed by atoms with Crippen molar-refractivity contribution in [3.63, 3.8) is 0 Å². The van der Waals surface area contributed by atoms with Crippen LogP contribution in [0.15, 0.2) is 18.2 Å². The van der Waals surface area contributed by atoms with Gasteiger partial charge in [0.05, 0.1) is 0 Å². The minimum Gasteiger partial charge on any atom is -0.480 e. The maximum absolute atomic E-state index is 11.6. The summed E-state index contributed by atoms with van der Waals surface area (Å²) in [5.41, 5.74) is 3.24. The lowest BCUT2D eigenvalue weighted by Crippen LogP contribution is -2.47. The summed E-state index contributed by atoms with van der Waals surface area (Å²) in [6, 6.07) is 5.44. The molecule has 1 unspecified atom stereocenters. The number of hydrogen-bond acceptors (Lipinski definition) is 3. The Morgan fingerprint density at radius 3 is 2.32 bits per heavy atom. The molecule has 1 atom stereocenters. The van der Waals surface area contributed by atoms with E-state index in [0.29, 0.717) is 0 Å². The van der Waals surface area contributed by atoms with Crippen LogP contribution in [0.25, 0.3) is 0 Å². The molecule has 1 N–H and O–H groups in total. The zero-order valence-electron chi connectivity index (χ0n) is 11.9. The molecule has 1 aliphatic heterocycles. The Bertz CT molecular complexity index is 465. The van der Waals surface area contributed by atoms with Gasteiger partial charge in [0.2, 0.25) is 0 Å². The summed E-state index contributed by atoms with van der Waals surface area (Å²) in [6.45, 7) is 7.54. The minimum absolute atomic E-state index is 0.520. The highest BCUT2D eigenvalue weighted by Crippen LogP contribution is 2.24. The van der Waals surface area contributed by atoms with E-state index in [2.05, 4.69) is 16.8 Å². The fraction of sp³-hybridized carbons (Fsp3) is 0.533. The summed E-state index contributed by atoms with van der Waals surface area (Å²) in [5, 5.41) is 9.55. The largest absolute Gasteiger partial charge is 0.480 e. The van der Waals surface area contributed by atoms with Gasteiger partial charge in [-0.3, -0.25) is 9.69 Å². The molecule has 2 rings (SSSR count). The van der Waals surface area contributed by atoms with Gasteiger partial charge in [-0.25, -0.2) is 0 Å². The first-order valence-electron chi connectivity index (χ1n) is 6.71. The van der Waals surface area contributed by atoms with Gasteiger partial charge in [0, 0.05) is 26.2 Å². The summed E-state index contributed by atoms with van der Waals surface area (Å²) in [7, 11) is 2.07. The Morgan fingerprint density at radius 1 is 1.16 bits per heavy atom. The van der Waals surface area contributed by atoms with Crippen molar-refractivity contribution in [2.75, 3.05) is 33.2 Å². The fourth-order valence-corrected chi connectivity index (χ4v) is 2.52. The Balaban J connectivity index is 2.24. The summed E-state index contributed by atoms with van der Waals surface area (Å²) < 4.78 is 0. The van der Waals surface area contributed by atoms with E-state index in [0.717, 1.165) is 37.3 Å². The van der Waals surface area contributed by atoms with E-state index in [9.17, 15) is 9.90 Å². The number of piperazine rings is 1. The molecule has 1 aromatic carbocycles. The van der Waals surface area contributed by atoms with Crippen LogP contribution in [0, 0.1) is 13.8 Å². The molecule has 1 fully saturated rings. The van der Waals surface area contributed by atoms with Crippen molar-refractivity contribution in [2.24, 2.45) is 0 Å². The molecule has 0 amide bonds. The highest BCUT2D eigenvalue weighted by atomic mass is 16.4. The molecule has 0 spiro atoms. The fourth-order valence-electron chi connectivity index (χ4n) is 2.52. The van der Waals surface area contributed by atoms with Crippen LogP contribution in [0.4, 0.5) is 0 Å². The number of hydrogen-bond donors (Lipinski definition) is 1. The molecular formula is C15H22N2O2. The molecule has 0 bridgehead atoms. The first kappa shape index (κ1) is 14.0. The number of aryl methyl sites for hydroxylation is 2. The van der Waals surface area contributed by atoms with E-state index in [-0.39, 0.29) is 0 Å². The number of carbonyl (C=O) groups is 1. The van der Waals surface area contributed by atoms with Crippen LogP contribution >= 0.6 is 0 Å². The van der Waals surface area contributed by atoms with Crippen LogP contribution in [0.1, 0.15) is 22.7 Å². The number of benzene rings is 1. The average molecular weight is 262 g/mol. The van der Waals surface area contributed by atoms with Gasteiger partial charge in [0.15, 0.2) is 0 Å². The van der Waals surface area contributed by atoms with Crippen molar-refractivity contribution >= 4 is 5.97 Å². The van der Waals surface area contributed by atoms with Crippen LogP contribution in [-0.2, 0) is 4.79 Å². The van der Waals surface area contributed by atoms with Gasteiger partial charge >= 0.3 is 5.97 Å². The van der Waals surface area contributed by atoms with Gasteiger partial charge in [-0.1, -0.05) is 18.2 Å². The first-order chi connectivity index (χ1) is 8.99. The second kappa shape index (κ2) is 5.72. The van der Waals surface area contributed by atoms with Gasteiger partial charge in [0.1, 0.15) is 6.04 Å². The smallest absolute Gasteiger partial charge is 0.325 e. The number of carboxylic acids is 1. The lowest BCUT2D eigenvalue weighted by Gasteiger charge is -2.36. The molecule has 1 heterocycles. The molecule has 0 saturated carbocycles. The molecule has 4 heteroatoms. The van der Waals surface area contributed by atoms with Crippen molar-refractivity contribution in [1.82, 2.24) is 9.80 Å². The molecule has 1 aliphatic rings. The predicted octanol–water partition coefficient (Wildman–Crippen LogP) is 1.68. The lowest BCUT2D eigenvalue weighted by atomic mass is 9.99. The van der Waals surface area contributed by atoms with E-state index in [1.165, 1.54) is 5.56 Å². The van der Waals surface area contributed by atoms with E-state index in [4.69, 9.17) is 0 Å². The average Bonchev–Trinajstić information content (AvgIpc) is 2.36. The maximum Gasteiger partial charge on any atom is 0.325 e. The highest BCUT2D eigenvalue weighted by molar-refractivity contribution is 5.75. The molecule has 0 aliphatic carbocycles. The van der Waals surface area contributed by atoms with E-state index < -0.39 is 12.0 Å². The van der Waals surface area contributed by atoms with Crippen LogP contribution in [0.2, 0.25) is 0 Å². The van der Waals surface area contributed by atoms with Crippen molar-refractivity contribution in [3.05, 3.63) is 34.9 Å². The third-order valence-electron chi connectivity index (χ3n) is 3.98. The predicted molar refractivity (Wildman–Crippen MR) is 75.4 cm³/mol. The first-order valence-corrected chi connectivity index (χ1v) is 6.71. The second-order valence-electron chi connectivity index (χ2n) is 5.42. The third kappa shape index (κ3) is 3.14. The Hall–Kier alpha value is -1.39. The van der Waals surface area contributed by atoms with Gasteiger partial charge in [-0.15, -0.1) is 0 Å². The number of carboxylic acid groups (broad SMARTS) is 1. The van der Waals surface area contributed by atoms with Crippen molar-refractivity contribution in [1.29, 1.82) is 0 Å². The molecule has 4 nitrogen and oxygen atoms in total. The van der Waals surface area contributed by atoms with Gasteiger partial charge in [-0.2, -0.15) is 0 Å². The third-order valence-corrected chi connectivity index (χ3v) is 3.98. The summed E-state index contributed by atoms with van der Waals surface area (Å²) in [5.74, 6) is -0.757. The van der Waals surface area contributed by atoms with Crippen LogP contribution in [-0.4, -0.2) is 54.1 Å². The molecule has 0 radical (unpaired) electrons. The molecule has 1 saturated heterocycles. The van der Waals surface area contributed by atoms with Crippen molar-refractivity contribution < 1.29 is 9.90 Å². The van der Waals surface area contributed by atoms with Gasteiger partial charge in [-0.05, 0) is 37.6 Å². The van der Waals surface area contributed by atoms with Crippen molar-refractivity contribution in [3.8, 4) is 0 Å². The Kier molecular flexibility index (Phi) is 4.22. The Morgan fingerprint density at radius 2 is 1.79 bits per heavy atom. The van der Waals surface area contributed by atoms with E-state index in [1.54, 1.807) is 0 Å². The van der Waals surface area contributed by atoms with Gasteiger partial charge in [0.25, 0.3) is 0 Å². The van der Waals surface area contributed by atoms with E-state index in [1.807, 2.05) is 32.0 Å². The molecule has 1 aromatic rings. The van der Waals surface area contributed by atoms with Crippen molar-refractivity contribution in [2.45, 2.75) is 19.9 Å². The molecular weight excluding hydrogens is 240 g/mol. The Labute approximate surface area is 114 Å². The maximum atomic E-state index is 11.6. The van der Waals surface area contributed by atoms with Crippen LogP contribution in [0.5, 0.6) is 0 Å². The summed E-state index contributed by atoms with van der Waals surface area (Å²) in [6.07, 6.45) is 0. The summed E-state index contributed by atoms with van der Waals surface area (Å²) >= 11 is 0. The highest BCUT2D eigenvalue weighted by Gasteiger charge is 2.29. The van der Waals surface area contributed by atoms with E-state index >= 15 is 0 Å². The van der Waals surface area contributed by atoms with Gasteiger partial charge < -0.3 is 10.0 Å². The van der Waals surface area contributed by atoms with Crippen LogP contribution < -0.4 is 0 Å².